The van der Waals surface area contributed by atoms with Crippen molar-refractivity contribution in [2.75, 3.05) is 0 Å². The maximum absolute atomic E-state index is 10.8. The van der Waals surface area contributed by atoms with Gasteiger partial charge in [0.15, 0.2) is 5.58 Å². The first-order valence-electron chi connectivity index (χ1n) is 5.32. The molecule has 0 radical (unpaired) electrons. The van der Waals surface area contributed by atoms with E-state index in [0.717, 1.165) is 27.5 Å². The molecule has 1 aromatic carbocycles. The summed E-state index contributed by atoms with van der Waals surface area (Å²) in [5.74, 6) is -1.08. The standard InChI is InChI=1S/C13H11NO3/c1-6-3-4-7(2)11-10(6)12-8(14-11)5-9(17-12)13(15)16/h3-5,14H,1-2H3,(H,15,16). The number of nitrogens with one attached hydrogen (secondary N) is 1. The van der Waals surface area contributed by atoms with Gasteiger partial charge >= 0.3 is 5.97 Å². The summed E-state index contributed by atoms with van der Waals surface area (Å²) >= 11 is 0. The van der Waals surface area contributed by atoms with Gasteiger partial charge in [0.1, 0.15) is 0 Å². The number of hydrogen-bond acceptors (Lipinski definition) is 2. The molecule has 4 heteroatoms. The summed E-state index contributed by atoms with van der Waals surface area (Å²) in [6.45, 7) is 3.99. The smallest absolute Gasteiger partial charge is 0.371 e. The number of aromatic nitrogens is 1. The third kappa shape index (κ3) is 1.27. The van der Waals surface area contributed by atoms with Crippen LogP contribution in [0.4, 0.5) is 0 Å². The molecule has 0 fully saturated rings. The number of carbonyl (C=O) groups is 1. The molecule has 0 spiro atoms. The van der Waals surface area contributed by atoms with E-state index >= 15 is 0 Å². The molecule has 0 saturated heterocycles. The van der Waals surface area contributed by atoms with Crippen LogP contribution in [0.2, 0.25) is 0 Å². The Balaban J connectivity index is 2.48. The van der Waals surface area contributed by atoms with Crippen molar-refractivity contribution in [1.82, 2.24) is 4.98 Å². The van der Waals surface area contributed by atoms with Crippen molar-refractivity contribution in [2.24, 2.45) is 0 Å². The Kier molecular flexibility index (Phi) is 1.84. The van der Waals surface area contributed by atoms with Gasteiger partial charge in [0.25, 0.3) is 0 Å². The summed E-state index contributed by atoms with van der Waals surface area (Å²) in [6, 6.07) is 5.57. The zero-order valence-electron chi connectivity index (χ0n) is 9.50. The topological polar surface area (TPSA) is 66.2 Å². The number of carboxylic acids is 1. The van der Waals surface area contributed by atoms with Gasteiger partial charge in [-0.25, -0.2) is 4.79 Å². The lowest BCUT2D eigenvalue weighted by atomic mass is 10.1. The van der Waals surface area contributed by atoms with Crippen LogP contribution in [0.15, 0.2) is 22.6 Å². The van der Waals surface area contributed by atoms with Gasteiger partial charge < -0.3 is 14.5 Å². The molecule has 0 unspecified atom stereocenters. The Morgan fingerprint density at radius 3 is 2.71 bits per heavy atom. The molecule has 0 saturated carbocycles. The molecule has 86 valence electrons. The van der Waals surface area contributed by atoms with E-state index < -0.39 is 5.97 Å². The van der Waals surface area contributed by atoms with E-state index in [2.05, 4.69) is 4.98 Å². The van der Waals surface area contributed by atoms with E-state index in [1.165, 1.54) is 6.07 Å². The lowest BCUT2D eigenvalue weighted by molar-refractivity contribution is 0.0665. The lowest BCUT2D eigenvalue weighted by Crippen LogP contribution is -1.91. The van der Waals surface area contributed by atoms with E-state index in [-0.39, 0.29) is 5.76 Å². The fourth-order valence-corrected chi connectivity index (χ4v) is 2.17. The first kappa shape index (κ1) is 9.96. The zero-order valence-corrected chi connectivity index (χ0v) is 9.50. The fourth-order valence-electron chi connectivity index (χ4n) is 2.17. The maximum atomic E-state index is 10.8. The number of benzene rings is 1. The molecule has 17 heavy (non-hydrogen) atoms. The highest BCUT2D eigenvalue weighted by Gasteiger charge is 2.16. The second-order valence-corrected chi connectivity index (χ2v) is 4.23. The molecule has 4 nitrogen and oxygen atoms in total. The van der Waals surface area contributed by atoms with Crippen molar-refractivity contribution in [3.05, 3.63) is 35.1 Å². The Morgan fingerprint density at radius 2 is 2.00 bits per heavy atom. The van der Waals surface area contributed by atoms with Crippen molar-refractivity contribution in [3.8, 4) is 0 Å². The molecule has 0 aliphatic heterocycles. The second-order valence-electron chi connectivity index (χ2n) is 4.23. The molecule has 0 bridgehead atoms. The van der Waals surface area contributed by atoms with Gasteiger partial charge in [-0.2, -0.15) is 0 Å². The largest absolute Gasteiger partial charge is 0.475 e. The predicted octanol–water partition coefficient (Wildman–Crippen LogP) is 3.23. The van der Waals surface area contributed by atoms with Gasteiger partial charge in [-0.1, -0.05) is 12.1 Å². The predicted molar refractivity (Wildman–Crippen MR) is 64.5 cm³/mol. The van der Waals surface area contributed by atoms with E-state index in [1.54, 1.807) is 0 Å². The number of rotatable bonds is 1. The van der Waals surface area contributed by atoms with Crippen LogP contribution in [0, 0.1) is 13.8 Å². The number of hydrogen-bond donors (Lipinski definition) is 2. The summed E-state index contributed by atoms with van der Waals surface area (Å²) in [5, 5.41) is 9.86. The quantitative estimate of drug-likeness (QED) is 0.673. The molecule has 0 amide bonds. The first-order valence-corrected chi connectivity index (χ1v) is 5.32. The second kappa shape index (κ2) is 3.13. The number of fused-ring (bicyclic) bond motifs is 3. The van der Waals surface area contributed by atoms with Crippen LogP contribution in [0.1, 0.15) is 21.7 Å². The van der Waals surface area contributed by atoms with Crippen LogP contribution < -0.4 is 0 Å². The van der Waals surface area contributed by atoms with Crippen molar-refractivity contribution in [2.45, 2.75) is 13.8 Å². The van der Waals surface area contributed by atoms with Crippen LogP contribution >= 0.6 is 0 Å². The van der Waals surface area contributed by atoms with E-state index in [1.807, 2.05) is 26.0 Å². The molecule has 3 aromatic rings. The van der Waals surface area contributed by atoms with Gasteiger partial charge in [0.05, 0.1) is 11.0 Å². The minimum atomic E-state index is -1.05. The van der Waals surface area contributed by atoms with Gasteiger partial charge in [-0.05, 0) is 25.0 Å². The molecule has 2 N–H and O–H groups in total. The Labute approximate surface area is 96.8 Å². The SMILES string of the molecule is Cc1ccc(C)c2c1[nH]c1cc(C(=O)O)oc12. The fraction of sp³-hybridized carbons (Fsp3) is 0.154. The highest BCUT2D eigenvalue weighted by molar-refractivity contribution is 6.08. The summed E-state index contributed by atoms with van der Waals surface area (Å²) in [6.07, 6.45) is 0. The Bertz CT molecular complexity index is 749. The third-order valence-corrected chi connectivity index (χ3v) is 3.05. The van der Waals surface area contributed by atoms with Crippen molar-refractivity contribution in [3.63, 3.8) is 0 Å². The van der Waals surface area contributed by atoms with Crippen LogP contribution in [0.25, 0.3) is 22.0 Å². The third-order valence-electron chi connectivity index (χ3n) is 3.05. The van der Waals surface area contributed by atoms with Gasteiger partial charge in [0, 0.05) is 11.5 Å². The van der Waals surface area contributed by atoms with Crippen molar-refractivity contribution < 1.29 is 14.3 Å². The summed E-state index contributed by atoms with van der Waals surface area (Å²) in [4.78, 5) is 14.1. The zero-order chi connectivity index (χ0) is 12.2. The maximum Gasteiger partial charge on any atom is 0.371 e. The number of carboxylic acid groups (broad SMARTS) is 1. The summed E-state index contributed by atoms with van der Waals surface area (Å²) in [7, 11) is 0. The molecule has 2 aromatic heterocycles. The molecular formula is C13H11NO3. The lowest BCUT2D eigenvalue weighted by Gasteiger charge is -1.99. The van der Waals surface area contributed by atoms with Gasteiger partial charge in [-0.15, -0.1) is 0 Å². The molecule has 0 aliphatic rings. The van der Waals surface area contributed by atoms with E-state index in [0.29, 0.717) is 5.58 Å². The highest BCUT2D eigenvalue weighted by atomic mass is 16.4. The average molecular weight is 229 g/mol. The van der Waals surface area contributed by atoms with Gasteiger partial charge in [-0.3, -0.25) is 0 Å². The average Bonchev–Trinajstić information content (AvgIpc) is 2.80. The van der Waals surface area contributed by atoms with Crippen molar-refractivity contribution >= 4 is 28.0 Å². The molecule has 3 rings (SSSR count). The van der Waals surface area contributed by atoms with E-state index in [9.17, 15) is 4.79 Å². The van der Waals surface area contributed by atoms with Crippen molar-refractivity contribution in [1.29, 1.82) is 0 Å². The number of aryl methyl sites for hydroxylation is 2. The first-order chi connectivity index (χ1) is 8.08. The molecule has 0 aliphatic carbocycles. The van der Waals surface area contributed by atoms with Crippen LogP contribution in [0.5, 0.6) is 0 Å². The Morgan fingerprint density at radius 1 is 1.29 bits per heavy atom. The number of aromatic amines is 1. The minimum Gasteiger partial charge on any atom is -0.475 e. The number of furan rings is 1. The minimum absolute atomic E-state index is 0.0333. The summed E-state index contributed by atoms with van der Waals surface area (Å²) < 4.78 is 5.39. The van der Waals surface area contributed by atoms with Crippen LogP contribution in [-0.4, -0.2) is 16.1 Å². The number of aromatic carboxylic acids is 1. The summed E-state index contributed by atoms with van der Waals surface area (Å²) in [5.41, 5.74) is 4.56. The van der Waals surface area contributed by atoms with Gasteiger partial charge in [0.2, 0.25) is 5.76 Å². The van der Waals surface area contributed by atoms with Crippen LogP contribution in [0.3, 0.4) is 0 Å². The molecule has 2 heterocycles. The molecule has 0 atom stereocenters. The Hall–Kier alpha value is -2.23. The normalized spacial score (nSPS) is 11.4. The van der Waals surface area contributed by atoms with E-state index in [4.69, 9.17) is 9.52 Å². The van der Waals surface area contributed by atoms with Crippen LogP contribution in [-0.2, 0) is 0 Å². The highest BCUT2D eigenvalue weighted by Crippen LogP contribution is 2.32. The monoisotopic (exact) mass is 229 g/mol. The number of H-pyrrole nitrogens is 1. The molecular weight excluding hydrogens is 218 g/mol.